The fourth-order valence-corrected chi connectivity index (χ4v) is 2.11. The third-order valence-electron chi connectivity index (χ3n) is 2.22. The van der Waals surface area contributed by atoms with Gasteiger partial charge < -0.3 is 14.5 Å². The van der Waals surface area contributed by atoms with Gasteiger partial charge in [0.2, 0.25) is 0 Å². The Labute approximate surface area is 109 Å². The van der Waals surface area contributed by atoms with Gasteiger partial charge in [0.05, 0.1) is 12.9 Å². The zero-order valence-electron chi connectivity index (χ0n) is 10.0. The monoisotopic (exact) mass is 266 g/mol. The van der Waals surface area contributed by atoms with Crippen LogP contribution in [0.15, 0.2) is 28.2 Å². The van der Waals surface area contributed by atoms with Crippen molar-refractivity contribution in [1.82, 2.24) is 4.98 Å². The van der Waals surface area contributed by atoms with Crippen LogP contribution in [0.2, 0.25) is 0 Å². The van der Waals surface area contributed by atoms with Gasteiger partial charge in [-0.2, -0.15) is 0 Å². The lowest BCUT2D eigenvalue weighted by Crippen LogP contribution is -2.07. The van der Waals surface area contributed by atoms with E-state index >= 15 is 0 Å². The molecule has 5 nitrogen and oxygen atoms in total. The van der Waals surface area contributed by atoms with Gasteiger partial charge in [-0.1, -0.05) is 0 Å². The molecule has 0 aliphatic carbocycles. The first kappa shape index (κ1) is 12.6. The van der Waals surface area contributed by atoms with Gasteiger partial charge in [-0.15, -0.1) is 11.3 Å². The number of carbonyl (C=O) groups is 1. The first-order valence-corrected chi connectivity index (χ1v) is 6.56. The lowest BCUT2D eigenvalue weighted by molar-refractivity contribution is 0.0520. The lowest BCUT2D eigenvalue weighted by atomic mass is 10.3. The van der Waals surface area contributed by atoms with Gasteiger partial charge in [0.25, 0.3) is 0 Å². The van der Waals surface area contributed by atoms with E-state index in [1.807, 2.05) is 12.1 Å². The van der Waals surface area contributed by atoms with Crippen LogP contribution < -0.4 is 5.32 Å². The number of ether oxygens (including phenoxy) is 1. The first-order valence-electron chi connectivity index (χ1n) is 5.68. The molecule has 2 aromatic rings. The SMILES string of the molecule is CCOC(=O)c1csc(NCCc2ccco2)n1. The topological polar surface area (TPSA) is 64.4 Å². The predicted molar refractivity (Wildman–Crippen MR) is 69.0 cm³/mol. The summed E-state index contributed by atoms with van der Waals surface area (Å²) in [6.07, 6.45) is 2.43. The van der Waals surface area contributed by atoms with Crippen molar-refractivity contribution < 1.29 is 13.9 Å². The van der Waals surface area contributed by atoms with Crippen molar-refractivity contribution in [3.05, 3.63) is 35.2 Å². The Kier molecular flexibility index (Phi) is 4.35. The number of esters is 1. The Morgan fingerprint density at radius 1 is 1.61 bits per heavy atom. The highest BCUT2D eigenvalue weighted by Crippen LogP contribution is 2.16. The number of aromatic nitrogens is 1. The van der Waals surface area contributed by atoms with E-state index in [0.717, 1.165) is 12.2 Å². The molecule has 0 bridgehead atoms. The number of nitrogens with zero attached hydrogens (tertiary/aromatic N) is 1. The molecule has 0 saturated carbocycles. The summed E-state index contributed by atoms with van der Waals surface area (Å²) in [6.45, 7) is 2.84. The van der Waals surface area contributed by atoms with Crippen LogP contribution in [-0.2, 0) is 11.2 Å². The minimum Gasteiger partial charge on any atom is -0.469 e. The van der Waals surface area contributed by atoms with E-state index in [2.05, 4.69) is 10.3 Å². The molecule has 0 spiro atoms. The summed E-state index contributed by atoms with van der Waals surface area (Å²) in [5.41, 5.74) is 0.349. The number of carbonyl (C=O) groups excluding carboxylic acids is 1. The molecule has 6 heteroatoms. The third kappa shape index (κ3) is 3.33. The van der Waals surface area contributed by atoms with E-state index in [1.54, 1.807) is 18.6 Å². The van der Waals surface area contributed by atoms with Crippen molar-refractivity contribution in [1.29, 1.82) is 0 Å². The summed E-state index contributed by atoms with van der Waals surface area (Å²) >= 11 is 1.39. The maximum Gasteiger partial charge on any atom is 0.357 e. The Morgan fingerprint density at radius 2 is 2.50 bits per heavy atom. The molecule has 1 N–H and O–H groups in total. The average molecular weight is 266 g/mol. The molecule has 0 atom stereocenters. The molecule has 0 aliphatic heterocycles. The van der Waals surface area contributed by atoms with Gasteiger partial charge in [0.1, 0.15) is 5.76 Å². The molecule has 2 aromatic heterocycles. The third-order valence-corrected chi connectivity index (χ3v) is 3.02. The van der Waals surface area contributed by atoms with E-state index in [9.17, 15) is 4.79 Å². The predicted octanol–water partition coefficient (Wildman–Crippen LogP) is 2.57. The van der Waals surface area contributed by atoms with Gasteiger partial charge in [0, 0.05) is 18.3 Å². The van der Waals surface area contributed by atoms with E-state index in [-0.39, 0.29) is 5.97 Å². The van der Waals surface area contributed by atoms with Crippen molar-refractivity contribution in [2.45, 2.75) is 13.3 Å². The summed E-state index contributed by atoms with van der Waals surface area (Å²) in [5.74, 6) is 0.539. The molecule has 0 unspecified atom stereocenters. The second kappa shape index (κ2) is 6.20. The number of hydrogen-bond acceptors (Lipinski definition) is 6. The van der Waals surface area contributed by atoms with Crippen molar-refractivity contribution in [2.24, 2.45) is 0 Å². The van der Waals surface area contributed by atoms with Gasteiger partial charge in [-0.05, 0) is 19.1 Å². The molecule has 0 amide bonds. The highest BCUT2D eigenvalue weighted by atomic mass is 32.1. The molecule has 18 heavy (non-hydrogen) atoms. The summed E-state index contributed by atoms with van der Waals surface area (Å²) in [4.78, 5) is 15.5. The number of thiazole rings is 1. The van der Waals surface area contributed by atoms with Crippen LogP contribution in [0.5, 0.6) is 0 Å². The normalized spacial score (nSPS) is 10.3. The number of nitrogens with one attached hydrogen (secondary N) is 1. The minimum absolute atomic E-state index is 0.349. The van der Waals surface area contributed by atoms with Gasteiger partial charge in [0.15, 0.2) is 10.8 Å². The Bertz CT molecular complexity index is 493. The number of rotatable bonds is 6. The molecule has 0 saturated heterocycles. The molecule has 0 aliphatic rings. The van der Waals surface area contributed by atoms with Crippen LogP contribution in [0.25, 0.3) is 0 Å². The Balaban J connectivity index is 1.81. The molecular formula is C12H14N2O3S. The Morgan fingerprint density at radius 3 is 3.22 bits per heavy atom. The Hall–Kier alpha value is -1.82. The maximum absolute atomic E-state index is 11.4. The van der Waals surface area contributed by atoms with Crippen LogP contribution in [0.1, 0.15) is 23.2 Å². The highest BCUT2D eigenvalue weighted by Gasteiger charge is 2.11. The smallest absolute Gasteiger partial charge is 0.357 e. The van der Waals surface area contributed by atoms with Gasteiger partial charge in [-0.3, -0.25) is 0 Å². The van der Waals surface area contributed by atoms with Crippen molar-refractivity contribution >= 4 is 22.4 Å². The summed E-state index contributed by atoms with van der Waals surface area (Å²) in [7, 11) is 0. The van der Waals surface area contributed by atoms with E-state index in [1.165, 1.54) is 11.3 Å². The van der Waals surface area contributed by atoms with E-state index in [0.29, 0.717) is 24.0 Å². The van der Waals surface area contributed by atoms with E-state index < -0.39 is 0 Å². The quantitative estimate of drug-likeness (QED) is 0.814. The fourth-order valence-electron chi connectivity index (χ4n) is 1.40. The van der Waals surface area contributed by atoms with Crippen LogP contribution in [0, 0.1) is 0 Å². The number of hydrogen-bond donors (Lipinski definition) is 1. The zero-order chi connectivity index (χ0) is 12.8. The van der Waals surface area contributed by atoms with Crippen LogP contribution in [0.3, 0.4) is 0 Å². The second-order valence-electron chi connectivity index (χ2n) is 3.51. The van der Waals surface area contributed by atoms with Crippen LogP contribution >= 0.6 is 11.3 Å². The first-order chi connectivity index (χ1) is 8.79. The minimum atomic E-state index is -0.382. The number of anilines is 1. The standard InChI is InChI=1S/C12H14N2O3S/c1-2-16-11(15)10-8-18-12(14-10)13-6-5-9-4-3-7-17-9/h3-4,7-8H,2,5-6H2,1H3,(H,13,14). The molecule has 0 fully saturated rings. The zero-order valence-corrected chi connectivity index (χ0v) is 10.8. The lowest BCUT2D eigenvalue weighted by Gasteiger charge is -2.00. The van der Waals surface area contributed by atoms with Crippen molar-refractivity contribution in [3.63, 3.8) is 0 Å². The van der Waals surface area contributed by atoms with Crippen LogP contribution in [0.4, 0.5) is 5.13 Å². The van der Waals surface area contributed by atoms with Crippen LogP contribution in [-0.4, -0.2) is 24.1 Å². The highest BCUT2D eigenvalue weighted by molar-refractivity contribution is 7.13. The molecule has 96 valence electrons. The summed E-state index contributed by atoms with van der Waals surface area (Å²) in [6, 6.07) is 3.78. The molecule has 0 radical (unpaired) electrons. The molecule has 2 heterocycles. The van der Waals surface area contributed by atoms with Gasteiger partial charge in [-0.25, -0.2) is 9.78 Å². The summed E-state index contributed by atoms with van der Waals surface area (Å²) < 4.78 is 10.1. The van der Waals surface area contributed by atoms with E-state index in [4.69, 9.17) is 9.15 Å². The average Bonchev–Trinajstić information content (AvgIpc) is 3.00. The summed E-state index contributed by atoms with van der Waals surface area (Å²) in [5, 5.41) is 5.54. The van der Waals surface area contributed by atoms with Crippen molar-refractivity contribution in [3.8, 4) is 0 Å². The largest absolute Gasteiger partial charge is 0.469 e. The van der Waals surface area contributed by atoms with Gasteiger partial charge >= 0.3 is 5.97 Å². The number of furan rings is 1. The molecule has 2 rings (SSSR count). The fraction of sp³-hybridized carbons (Fsp3) is 0.333. The molecular weight excluding hydrogens is 252 g/mol. The molecule has 0 aromatic carbocycles. The maximum atomic E-state index is 11.4. The van der Waals surface area contributed by atoms with Crippen molar-refractivity contribution in [2.75, 3.05) is 18.5 Å². The second-order valence-corrected chi connectivity index (χ2v) is 4.37.